The van der Waals surface area contributed by atoms with E-state index in [0.717, 1.165) is 11.3 Å². The number of nitrogens with one attached hydrogen (secondary N) is 3. The number of hydrogen-bond donors (Lipinski definition) is 3. The fourth-order valence-electron chi connectivity index (χ4n) is 2.45. The van der Waals surface area contributed by atoms with Gasteiger partial charge >= 0.3 is 0 Å². The Kier molecular flexibility index (Phi) is 6.18. The normalized spacial score (nSPS) is 10.2. The van der Waals surface area contributed by atoms with Gasteiger partial charge in [-0.05, 0) is 42.0 Å². The third-order valence-corrected chi connectivity index (χ3v) is 4.12. The third-order valence-electron chi connectivity index (χ3n) is 3.75. The first-order valence-corrected chi connectivity index (χ1v) is 8.89. The number of nitrogens with zero attached hydrogens (tertiary/aromatic N) is 2. The molecule has 3 N–H and O–H groups in total. The van der Waals surface area contributed by atoms with Crippen LogP contribution < -0.4 is 16.0 Å². The molecule has 0 atom stereocenters. The maximum Gasteiger partial charge on any atom is 0.272 e. The van der Waals surface area contributed by atoms with Gasteiger partial charge in [-0.2, -0.15) is 0 Å². The Balaban J connectivity index is 1.61. The molecule has 0 saturated carbocycles. The van der Waals surface area contributed by atoms with Gasteiger partial charge in [0.1, 0.15) is 0 Å². The molecule has 2 amide bonds. The van der Waals surface area contributed by atoms with E-state index >= 15 is 0 Å². The van der Waals surface area contributed by atoms with E-state index in [9.17, 15) is 9.59 Å². The molecule has 1 aromatic heterocycles. The summed E-state index contributed by atoms with van der Waals surface area (Å²) < 4.78 is 0. The van der Waals surface area contributed by atoms with Crippen LogP contribution in [0.5, 0.6) is 0 Å². The van der Waals surface area contributed by atoms with E-state index in [2.05, 4.69) is 26.1 Å². The van der Waals surface area contributed by atoms with Gasteiger partial charge in [-0.1, -0.05) is 35.9 Å². The number of aromatic nitrogens is 2. The van der Waals surface area contributed by atoms with Gasteiger partial charge in [-0.15, -0.1) is 10.2 Å². The molecule has 28 heavy (non-hydrogen) atoms. The zero-order chi connectivity index (χ0) is 19.9. The van der Waals surface area contributed by atoms with Crippen LogP contribution in [0, 0.1) is 0 Å². The van der Waals surface area contributed by atoms with Gasteiger partial charge in [0, 0.05) is 29.9 Å². The van der Waals surface area contributed by atoms with Crippen LogP contribution >= 0.6 is 11.6 Å². The van der Waals surface area contributed by atoms with E-state index < -0.39 is 0 Å². The van der Waals surface area contributed by atoms with Gasteiger partial charge in [0.15, 0.2) is 11.5 Å². The molecule has 0 aliphatic rings. The fourth-order valence-corrected chi connectivity index (χ4v) is 2.66. The topological polar surface area (TPSA) is 96.0 Å². The highest BCUT2D eigenvalue weighted by Gasteiger charge is 2.09. The molecule has 7 nitrogen and oxygen atoms in total. The number of hydrogen-bond acceptors (Lipinski definition) is 5. The summed E-state index contributed by atoms with van der Waals surface area (Å²) >= 11 is 6.08. The molecule has 8 heteroatoms. The Bertz CT molecular complexity index is 992. The Hall–Kier alpha value is -3.45. The maximum absolute atomic E-state index is 12.2. The van der Waals surface area contributed by atoms with E-state index in [0.29, 0.717) is 23.1 Å². The molecule has 0 saturated heterocycles. The van der Waals surface area contributed by atoms with Gasteiger partial charge < -0.3 is 16.0 Å². The summed E-state index contributed by atoms with van der Waals surface area (Å²) in [6, 6.07) is 17.7. The summed E-state index contributed by atoms with van der Waals surface area (Å²) in [5, 5.41) is 17.1. The van der Waals surface area contributed by atoms with Gasteiger partial charge in [-0.25, -0.2) is 0 Å². The van der Waals surface area contributed by atoms with Crippen LogP contribution in [0.1, 0.15) is 23.0 Å². The van der Waals surface area contributed by atoms with E-state index in [1.165, 1.54) is 6.92 Å². The maximum atomic E-state index is 12.2. The van der Waals surface area contributed by atoms with Crippen molar-refractivity contribution in [3.63, 3.8) is 0 Å². The minimum Gasteiger partial charge on any atom is -0.347 e. The van der Waals surface area contributed by atoms with E-state index in [-0.39, 0.29) is 17.5 Å². The molecule has 0 bridgehead atoms. The van der Waals surface area contributed by atoms with Crippen molar-refractivity contribution in [1.82, 2.24) is 15.5 Å². The van der Waals surface area contributed by atoms with Crippen molar-refractivity contribution in [3.8, 4) is 0 Å². The minimum atomic E-state index is -0.341. The van der Waals surface area contributed by atoms with Crippen LogP contribution in [0.25, 0.3) is 0 Å². The highest BCUT2D eigenvalue weighted by atomic mass is 35.5. The zero-order valence-electron chi connectivity index (χ0n) is 15.1. The smallest absolute Gasteiger partial charge is 0.272 e. The third kappa shape index (κ3) is 5.28. The predicted molar refractivity (Wildman–Crippen MR) is 109 cm³/mol. The van der Waals surface area contributed by atoms with Gasteiger partial charge in [0.2, 0.25) is 5.91 Å². The molecule has 3 aromatic rings. The number of benzene rings is 2. The van der Waals surface area contributed by atoms with Crippen LogP contribution in [0.4, 0.5) is 17.2 Å². The highest BCUT2D eigenvalue weighted by molar-refractivity contribution is 6.31. The Morgan fingerprint density at radius 3 is 2.46 bits per heavy atom. The number of anilines is 3. The number of carbonyl (C=O) groups excluding carboxylic acids is 2. The molecule has 0 aliphatic heterocycles. The van der Waals surface area contributed by atoms with Gasteiger partial charge in [0.05, 0.1) is 0 Å². The molecule has 0 aliphatic carbocycles. The zero-order valence-corrected chi connectivity index (χ0v) is 15.8. The second kappa shape index (κ2) is 8.96. The summed E-state index contributed by atoms with van der Waals surface area (Å²) in [5.74, 6) is -0.0154. The molecule has 0 unspecified atom stereocenters. The van der Waals surface area contributed by atoms with E-state index in [4.69, 9.17) is 11.6 Å². The lowest BCUT2D eigenvalue weighted by Gasteiger charge is -2.09. The molecule has 0 spiro atoms. The average molecular weight is 396 g/mol. The molecule has 0 fully saturated rings. The van der Waals surface area contributed by atoms with Gasteiger partial charge in [0.25, 0.3) is 5.91 Å². The van der Waals surface area contributed by atoms with Crippen molar-refractivity contribution < 1.29 is 9.59 Å². The Morgan fingerprint density at radius 2 is 1.75 bits per heavy atom. The first-order valence-electron chi connectivity index (χ1n) is 8.51. The van der Waals surface area contributed by atoms with Crippen LogP contribution in [-0.2, 0) is 11.3 Å². The largest absolute Gasteiger partial charge is 0.347 e. The lowest BCUT2D eigenvalue weighted by molar-refractivity contribution is -0.114. The molecule has 0 radical (unpaired) electrons. The summed E-state index contributed by atoms with van der Waals surface area (Å²) in [4.78, 5) is 23.4. The fraction of sp³-hybridized carbons (Fsp3) is 0.100. The van der Waals surface area contributed by atoms with Crippen molar-refractivity contribution in [2.75, 3.05) is 10.6 Å². The van der Waals surface area contributed by atoms with E-state index in [1.807, 2.05) is 24.3 Å². The van der Waals surface area contributed by atoms with Crippen molar-refractivity contribution in [1.29, 1.82) is 0 Å². The molecular weight excluding hydrogens is 378 g/mol. The van der Waals surface area contributed by atoms with Crippen LogP contribution in [0.2, 0.25) is 5.02 Å². The lowest BCUT2D eigenvalue weighted by Crippen LogP contribution is -2.24. The number of carbonyl (C=O) groups is 2. The second-order valence-electron chi connectivity index (χ2n) is 5.96. The standard InChI is InChI=1S/C20H18ClN5O2/c1-13(27)23-15-6-4-7-16(11-15)24-19-10-9-18(25-26-19)20(28)22-12-14-5-2-3-8-17(14)21/h2-11H,12H2,1H3,(H,22,28)(H,23,27)(H,24,26). The Morgan fingerprint density at radius 1 is 0.964 bits per heavy atom. The monoisotopic (exact) mass is 395 g/mol. The van der Waals surface area contributed by atoms with Crippen molar-refractivity contribution in [2.45, 2.75) is 13.5 Å². The number of amides is 2. The van der Waals surface area contributed by atoms with E-state index in [1.54, 1.807) is 36.4 Å². The average Bonchev–Trinajstić information content (AvgIpc) is 2.67. The van der Waals surface area contributed by atoms with Gasteiger partial charge in [-0.3, -0.25) is 9.59 Å². The minimum absolute atomic E-state index is 0.149. The number of rotatable bonds is 6. The molecule has 1 heterocycles. The lowest BCUT2D eigenvalue weighted by atomic mass is 10.2. The van der Waals surface area contributed by atoms with Crippen LogP contribution in [0.3, 0.4) is 0 Å². The quantitative estimate of drug-likeness (QED) is 0.590. The van der Waals surface area contributed by atoms with Crippen LogP contribution in [0.15, 0.2) is 60.7 Å². The summed E-state index contributed by atoms with van der Waals surface area (Å²) in [5.41, 5.74) is 2.42. The predicted octanol–water partition coefficient (Wildman–Crippen LogP) is 3.76. The summed E-state index contributed by atoms with van der Waals surface area (Å²) in [6.07, 6.45) is 0. The van der Waals surface area contributed by atoms with Crippen molar-refractivity contribution in [3.05, 3.63) is 76.9 Å². The van der Waals surface area contributed by atoms with Crippen molar-refractivity contribution >= 4 is 40.6 Å². The summed E-state index contributed by atoms with van der Waals surface area (Å²) in [7, 11) is 0. The first kappa shape index (κ1) is 19.3. The SMILES string of the molecule is CC(=O)Nc1cccc(Nc2ccc(C(=O)NCc3ccccc3Cl)nn2)c1. The molecule has 2 aromatic carbocycles. The second-order valence-corrected chi connectivity index (χ2v) is 6.37. The summed E-state index contributed by atoms with van der Waals surface area (Å²) in [6.45, 7) is 1.75. The Labute approximate surface area is 167 Å². The molecule has 3 rings (SSSR count). The molecule has 142 valence electrons. The molecular formula is C20H18ClN5O2. The number of halogens is 1. The van der Waals surface area contributed by atoms with Crippen molar-refractivity contribution in [2.24, 2.45) is 0 Å². The highest BCUT2D eigenvalue weighted by Crippen LogP contribution is 2.19. The first-order chi connectivity index (χ1) is 13.5. The van der Waals surface area contributed by atoms with Crippen LogP contribution in [-0.4, -0.2) is 22.0 Å².